The third kappa shape index (κ3) is 5.91. The second kappa shape index (κ2) is 10.9. The number of esters is 1. The van der Waals surface area contributed by atoms with Crippen LogP contribution in [0.1, 0.15) is 42.3 Å². The van der Waals surface area contributed by atoms with Crippen molar-refractivity contribution in [1.82, 2.24) is 9.97 Å². The topological polar surface area (TPSA) is 78.8 Å². The van der Waals surface area contributed by atoms with Crippen LogP contribution in [0.25, 0.3) is 11.0 Å². The Labute approximate surface area is 158 Å². The standard InChI is InChI=1S/C10H12O2.C8H4ClN3.C2H6/c1-3-12-10(11)9-6-4-8(2)5-7-9;9-7-2-1-6-5(3-10)4-11-8(6)12-7;1-2/h4-7H,3H2,1-2H3;1-2,4H,(H,11,12);1-2H3. The molecule has 26 heavy (non-hydrogen) atoms. The van der Waals surface area contributed by atoms with Gasteiger partial charge in [0.1, 0.15) is 16.9 Å². The molecule has 0 radical (unpaired) electrons. The van der Waals surface area contributed by atoms with Crippen LogP contribution in [0.15, 0.2) is 42.6 Å². The molecule has 2 aromatic heterocycles. The van der Waals surface area contributed by atoms with E-state index in [0.717, 1.165) is 10.9 Å². The molecule has 0 aliphatic rings. The number of rotatable bonds is 2. The summed E-state index contributed by atoms with van der Waals surface area (Å²) < 4.78 is 4.83. The van der Waals surface area contributed by atoms with Gasteiger partial charge >= 0.3 is 5.97 Å². The Morgan fingerprint density at radius 2 is 1.88 bits per heavy atom. The van der Waals surface area contributed by atoms with E-state index in [-0.39, 0.29) is 5.97 Å². The molecule has 0 saturated carbocycles. The molecule has 3 rings (SSSR count). The third-order valence-corrected chi connectivity index (χ3v) is 3.40. The number of aromatic nitrogens is 2. The van der Waals surface area contributed by atoms with Crippen LogP contribution in [0.3, 0.4) is 0 Å². The average Bonchev–Trinajstić information content (AvgIpc) is 3.06. The van der Waals surface area contributed by atoms with Gasteiger partial charge in [-0.3, -0.25) is 0 Å². The fourth-order valence-corrected chi connectivity index (χ4v) is 2.13. The summed E-state index contributed by atoms with van der Waals surface area (Å²) >= 11 is 5.66. The first kappa shape index (κ1) is 21.2. The van der Waals surface area contributed by atoms with Crippen molar-refractivity contribution in [3.05, 3.63) is 64.4 Å². The smallest absolute Gasteiger partial charge is 0.338 e. The second-order valence-electron chi connectivity index (χ2n) is 4.93. The number of H-pyrrole nitrogens is 1. The molecular weight excluding hydrogens is 350 g/mol. The Morgan fingerprint density at radius 3 is 2.46 bits per heavy atom. The number of halogens is 1. The van der Waals surface area contributed by atoms with Gasteiger partial charge in [-0.2, -0.15) is 5.26 Å². The van der Waals surface area contributed by atoms with Gasteiger partial charge in [0.25, 0.3) is 0 Å². The van der Waals surface area contributed by atoms with Gasteiger partial charge in [-0.05, 0) is 38.1 Å². The third-order valence-electron chi connectivity index (χ3n) is 3.19. The van der Waals surface area contributed by atoms with Gasteiger partial charge < -0.3 is 9.72 Å². The number of fused-ring (bicyclic) bond motifs is 1. The molecule has 0 saturated heterocycles. The zero-order valence-electron chi connectivity index (χ0n) is 15.3. The Kier molecular flexibility index (Phi) is 8.90. The molecule has 0 amide bonds. The number of pyridine rings is 1. The number of nitrogens with zero attached hydrogens (tertiary/aromatic N) is 2. The van der Waals surface area contributed by atoms with E-state index in [2.05, 4.69) is 16.0 Å². The van der Waals surface area contributed by atoms with Crippen LogP contribution in [0.2, 0.25) is 5.15 Å². The van der Waals surface area contributed by atoms with Crippen molar-refractivity contribution >= 4 is 28.6 Å². The first-order chi connectivity index (χ1) is 12.5. The number of carbonyl (C=O) groups is 1. The summed E-state index contributed by atoms with van der Waals surface area (Å²) in [6, 6.07) is 12.8. The number of aryl methyl sites for hydroxylation is 1. The zero-order chi connectivity index (χ0) is 19.5. The van der Waals surface area contributed by atoms with Gasteiger partial charge in [0.15, 0.2) is 0 Å². The molecule has 136 valence electrons. The maximum atomic E-state index is 11.1. The fraction of sp³-hybridized carbons (Fsp3) is 0.250. The molecule has 0 aliphatic heterocycles. The molecule has 5 nitrogen and oxygen atoms in total. The van der Waals surface area contributed by atoms with Crippen LogP contribution in [-0.4, -0.2) is 22.5 Å². The lowest BCUT2D eigenvalue weighted by Gasteiger charge is -2.00. The molecule has 3 aromatic rings. The van der Waals surface area contributed by atoms with E-state index in [1.807, 2.05) is 32.9 Å². The van der Waals surface area contributed by atoms with E-state index in [0.29, 0.717) is 28.5 Å². The number of nitrogens with one attached hydrogen (secondary N) is 1. The van der Waals surface area contributed by atoms with Gasteiger partial charge in [0.05, 0.1) is 17.7 Å². The minimum Gasteiger partial charge on any atom is -0.462 e. The Bertz CT molecular complexity index is 880. The van der Waals surface area contributed by atoms with Crippen molar-refractivity contribution in [2.24, 2.45) is 0 Å². The molecular formula is C20H22ClN3O2. The lowest BCUT2D eigenvalue weighted by Crippen LogP contribution is -2.03. The SMILES string of the molecule is CC.CCOC(=O)c1ccc(C)cc1.N#Cc1c[nH]c2nc(Cl)ccc12. The van der Waals surface area contributed by atoms with E-state index in [1.165, 1.54) is 0 Å². The molecule has 1 N–H and O–H groups in total. The number of hydrogen-bond donors (Lipinski definition) is 1. The maximum Gasteiger partial charge on any atom is 0.338 e. The van der Waals surface area contributed by atoms with Crippen LogP contribution in [0, 0.1) is 18.3 Å². The van der Waals surface area contributed by atoms with Crippen LogP contribution >= 0.6 is 11.6 Å². The van der Waals surface area contributed by atoms with Crippen molar-refractivity contribution in [1.29, 1.82) is 5.26 Å². The molecule has 1 aromatic carbocycles. The van der Waals surface area contributed by atoms with Crippen LogP contribution in [-0.2, 0) is 4.74 Å². The van der Waals surface area contributed by atoms with Crippen molar-refractivity contribution in [2.45, 2.75) is 27.7 Å². The summed E-state index contributed by atoms with van der Waals surface area (Å²) in [5.41, 5.74) is 3.00. The number of hydrogen-bond acceptors (Lipinski definition) is 4. The van der Waals surface area contributed by atoms with Gasteiger partial charge in [0.2, 0.25) is 0 Å². The normalized spacial score (nSPS) is 9.23. The Balaban J connectivity index is 0.000000238. The summed E-state index contributed by atoms with van der Waals surface area (Å²) in [4.78, 5) is 18.0. The van der Waals surface area contributed by atoms with E-state index < -0.39 is 0 Å². The Hall–Kier alpha value is -2.84. The zero-order valence-corrected chi connectivity index (χ0v) is 16.1. The lowest BCUT2D eigenvalue weighted by molar-refractivity contribution is 0.0526. The first-order valence-corrected chi connectivity index (χ1v) is 8.70. The van der Waals surface area contributed by atoms with Crippen molar-refractivity contribution < 1.29 is 9.53 Å². The first-order valence-electron chi connectivity index (χ1n) is 8.32. The highest BCUT2D eigenvalue weighted by molar-refractivity contribution is 6.29. The van der Waals surface area contributed by atoms with Crippen molar-refractivity contribution in [3.63, 3.8) is 0 Å². The van der Waals surface area contributed by atoms with Crippen LogP contribution in [0.5, 0.6) is 0 Å². The van der Waals surface area contributed by atoms with Crippen molar-refractivity contribution in [3.8, 4) is 6.07 Å². The molecule has 0 aliphatic carbocycles. The summed E-state index contributed by atoms with van der Waals surface area (Å²) in [6.45, 7) is 8.20. The van der Waals surface area contributed by atoms with Gasteiger partial charge in [0, 0.05) is 11.6 Å². The quantitative estimate of drug-likeness (QED) is 0.490. The summed E-state index contributed by atoms with van der Waals surface area (Å²) in [5, 5.41) is 9.90. The molecule has 0 spiro atoms. The van der Waals surface area contributed by atoms with Crippen LogP contribution < -0.4 is 0 Å². The second-order valence-corrected chi connectivity index (χ2v) is 5.32. The predicted octanol–water partition coefficient (Wildman–Crippen LogP) is 5.29. The molecule has 2 heterocycles. The average molecular weight is 372 g/mol. The number of ether oxygens (including phenoxy) is 1. The Morgan fingerprint density at radius 1 is 1.23 bits per heavy atom. The van der Waals surface area contributed by atoms with E-state index in [1.54, 1.807) is 37.4 Å². The summed E-state index contributed by atoms with van der Waals surface area (Å²) in [6.07, 6.45) is 1.62. The van der Waals surface area contributed by atoms with E-state index in [9.17, 15) is 4.79 Å². The number of carbonyl (C=O) groups excluding carboxylic acids is 1. The minimum absolute atomic E-state index is 0.252. The largest absolute Gasteiger partial charge is 0.462 e. The van der Waals surface area contributed by atoms with E-state index in [4.69, 9.17) is 21.6 Å². The molecule has 6 heteroatoms. The highest BCUT2D eigenvalue weighted by Gasteiger charge is 2.04. The van der Waals surface area contributed by atoms with Crippen molar-refractivity contribution in [2.75, 3.05) is 6.61 Å². The highest BCUT2D eigenvalue weighted by atomic mass is 35.5. The summed E-state index contributed by atoms with van der Waals surface area (Å²) in [7, 11) is 0. The number of benzene rings is 1. The predicted molar refractivity (Wildman–Crippen MR) is 104 cm³/mol. The van der Waals surface area contributed by atoms with E-state index >= 15 is 0 Å². The van der Waals surface area contributed by atoms with Gasteiger partial charge in [-0.25, -0.2) is 9.78 Å². The number of nitriles is 1. The van der Waals surface area contributed by atoms with Gasteiger partial charge in [-0.1, -0.05) is 43.1 Å². The number of aromatic amines is 1. The highest BCUT2D eigenvalue weighted by Crippen LogP contribution is 2.17. The molecule has 0 atom stereocenters. The molecule has 0 unspecified atom stereocenters. The lowest BCUT2D eigenvalue weighted by atomic mass is 10.1. The fourth-order valence-electron chi connectivity index (χ4n) is 1.98. The minimum atomic E-state index is -0.252. The van der Waals surface area contributed by atoms with Crippen LogP contribution in [0.4, 0.5) is 0 Å². The monoisotopic (exact) mass is 371 g/mol. The molecule has 0 bridgehead atoms. The van der Waals surface area contributed by atoms with Gasteiger partial charge in [-0.15, -0.1) is 0 Å². The summed E-state index contributed by atoms with van der Waals surface area (Å²) in [5.74, 6) is -0.252. The molecule has 0 fully saturated rings. The maximum absolute atomic E-state index is 11.1.